The van der Waals surface area contributed by atoms with Crippen LogP contribution in [-0.4, -0.2) is 39.6 Å². The van der Waals surface area contributed by atoms with Crippen LogP contribution in [0.1, 0.15) is 53.5 Å². The van der Waals surface area contributed by atoms with Crippen molar-refractivity contribution >= 4 is 23.4 Å². The van der Waals surface area contributed by atoms with Crippen molar-refractivity contribution in [2.24, 2.45) is 0 Å². The SMILES string of the molecule is CCN(Cc1ccnc(C)n1)c1nc(C2CC2)nc(C(=O)OC)c1Cl. The number of aromatic nitrogens is 4. The number of methoxy groups -OCH3 is 1. The fourth-order valence-corrected chi connectivity index (χ4v) is 2.82. The number of ether oxygens (including phenoxy) is 1. The van der Waals surface area contributed by atoms with Gasteiger partial charge in [0.1, 0.15) is 16.7 Å². The molecule has 8 heteroatoms. The van der Waals surface area contributed by atoms with E-state index in [9.17, 15) is 4.79 Å². The maximum Gasteiger partial charge on any atom is 0.358 e. The molecule has 1 fully saturated rings. The van der Waals surface area contributed by atoms with E-state index < -0.39 is 5.97 Å². The van der Waals surface area contributed by atoms with Gasteiger partial charge < -0.3 is 9.64 Å². The summed E-state index contributed by atoms with van der Waals surface area (Å²) in [6, 6.07) is 1.85. The number of esters is 1. The predicted octanol–water partition coefficient (Wildman–Crippen LogP) is 2.92. The van der Waals surface area contributed by atoms with E-state index in [1.165, 1.54) is 7.11 Å². The minimum Gasteiger partial charge on any atom is -0.464 e. The van der Waals surface area contributed by atoms with Crippen molar-refractivity contribution in [3.8, 4) is 0 Å². The molecule has 132 valence electrons. The third-order valence-electron chi connectivity index (χ3n) is 4.04. The van der Waals surface area contributed by atoms with Crippen LogP contribution in [0.2, 0.25) is 5.02 Å². The van der Waals surface area contributed by atoms with Crippen LogP contribution in [-0.2, 0) is 11.3 Å². The zero-order valence-electron chi connectivity index (χ0n) is 14.5. The minimum absolute atomic E-state index is 0.119. The standard InChI is InChI=1S/C17H20ClN5O2/c1-4-23(9-12-7-8-19-10(2)20-12)16-13(18)14(17(24)25-3)21-15(22-16)11-5-6-11/h7-8,11H,4-6,9H2,1-3H3. The maximum absolute atomic E-state index is 12.1. The maximum atomic E-state index is 12.1. The van der Waals surface area contributed by atoms with Gasteiger partial charge in [0.15, 0.2) is 11.5 Å². The van der Waals surface area contributed by atoms with E-state index >= 15 is 0 Å². The summed E-state index contributed by atoms with van der Waals surface area (Å²) in [5, 5.41) is 0.212. The first-order valence-electron chi connectivity index (χ1n) is 8.22. The summed E-state index contributed by atoms with van der Waals surface area (Å²) in [6.07, 6.45) is 3.78. The Morgan fingerprint density at radius 1 is 1.36 bits per heavy atom. The van der Waals surface area contributed by atoms with Crippen LogP contribution in [0.3, 0.4) is 0 Å². The zero-order valence-corrected chi connectivity index (χ0v) is 15.2. The molecule has 1 aliphatic carbocycles. The summed E-state index contributed by atoms with van der Waals surface area (Å²) in [4.78, 5) is 31.5. The van der Waals surface area contributed by atoms with E-state index in [1.54, 1.807) is 6.20 Å². The van der Waals surface area contributed by atoms with E-state index in [0.29, 0.717) is 36.5 Å². The summed E-state index contributed by atoms with van der Waals surface area (Å²) in [5.41, 5.74) is 0.977. The molecule has 3 rings (SSSR count). The quantitative estimate of drug-likeness (QED) is 0.731. The van der Waals surface area contributed by atoms with Crippen molar-refractivity contribution in [2.45, 2.75) is 39.2 Å². The molecule has 1 aliphatic rings. The molecule has 2 aromatic heterocycles. The van der Waals surface area contributed by atoms with Crippen LogP contribution in [0.5, 0.6) is 0 Å². The second-order valence-electron chi connectivity index (χ2n) is 5.94. The Hall–Kier alpha value is -2.28. The van der Waals surface area contributed by atoms with Crippen molar-refractivity contribution in [3.05, 3.63) is 40.3 Å². The molecule has 0 saturated heterocycles. The van der Waals surface area contributed by atoms with Crippen molar-refractivity contribution in [3.63, 3.8) is 0 Å². The number of aryl methyl sites for hydroxylation is 1. The lowest BCUT2D eigenvalue weighted by Crippen LogP contribution is -2.26. The Kier molecular flexibility index (Phi) is 5.13. The molecule has 7 nitrogen and oxygen atoms in total. The van der Waals surface area contributed by atoms with E-state index in [0.717, 1.165) is 18.5 Å². The molecule has 0 aliphatic heterocycles. The molecular weight excluding hydrogens is 342 g/mol. The number of hydrogen-bond acceptors (Lipinski definition) is 7. The highest BCUT2D eigenvalue weighted by molar-refractivity contribution is 6.35. The number of carbonyl (C=O) groups excluding carboxylic acids is 1. The largest absolute Gasteiger partial charge is 0.464 e. The predicted molar refractivity (Wildman–Crippen MR) is 93.8 cm³/mol. The molecule has 0 amide bonds. The summed E-state index contributed by atoms with van der Waals surface area (Å²) < 4.78 is 4.82. The molecule has 1 saturated carbocycles. The molecule has 2 heterocycles. The monoisotopic (exact) mass is 361 g/mol. The van der Waals surface area contributed by atoms with E-state index in [2.05, 4.69) is 19.9 Å². The number of carbonyl (C=O) groups is 1. The molecule has 0 N–H and O–H groups in total. The van der Waals surface area contributed by atoms with Gasteiger partial charge in [-0.2, -0.15) is 0 Å². The first-order valence-corrected chi connectivity index (χ1v) is 8.60. The average Bonchev–Trinajstić information content (AvgIpc) is 3.44. The highest BCUT2D eigenvalue weighted by Crippen LogP contribution is 2.40. The molecule has 0 radical (unpaired) electrons. The van der Waals surface area contributed by atoms with E-state index in [4.69, 9.17) is 16.3 Å². The number of anilines is 1. The molecular formula is C17H20ClN5O2. The van der Waals surface area contributed by atoms with Crippen LogP contribution in [0.4, 0.5) is 5.82 Å². The Balaban J connectivity index is 2.00. The third-order valence-corrected chi connectivity index (χ3v) is 4.39. The van der Waals surface area contributed by atoms with Crippen LogP contribution >= 0.6 is 11.6 Å². The Morgan fingerprint density at radius 3 is 2.72 bits per heavy atom. The van der Waals surface area contributed by atoms with Gasteiger partial charge >= 0.3 is 5.97 Å². The van der Waals surface area contributed by atoms with Crippen molar-refractivity contribution < 1.29 is 9.53 Å². The molecule has 25 heavy (non-hydrogen) atoms. The zero-order chi connectivity index (χ0) is 18.0. The van der Waals surface area contributed by atoms with Gasteiger partial charge in [0.2, 0.25) is 0 Å². The number of nitrogens with zero attached hydrogens (tertiary/aromatic N) is 5. The third kappa shape index (κ3) is 3.87. The van der Waals surface area contributed by atoms with Gasteiger partial charge in [-0.3, -0.25) is 0 Å². The minimum atomic E-state index is -0.551. The number of halogens is 1. The van der Waals surface area contributed by atoms with Crippen LogP contribution < -0.4 is 4.90 Å². The van der Waals surface area contributed by atoms with Crippen LogP contribution in [0.15, 0.2) is 12.3 Å². The lowest BCUT2D eigenvalue weighted by Gasteiger charge is -2.24. The second-order valence-corrected chi connectivity index (χ2v) is 6.32. The summed E-state index contributed by atoms with van der Waals surface area (Å²) >= 11 is 6.45. The second kappa shape index (κ2) is 7.31. The average molecular weight is 362 g/mol. The first kappa shape index (κ1) is 17.5. The van der Waals surface area contributed by atoms with Crippen molar-refractivity contribution in [1.82, 2.24) is 19.9 Å². The first-order chi connectivity index (χ1) is 12.0. The molecule has 0 unspecified atom stereocenters. The highest BCUT2D eigenvalue weighted by Gasteiger charge is 2.31. The van der Waals surface area contributed by atoms with Gasteiger partial charge in [0, 0.05) is 18.7 Å². The van der Waals surface area contributed by atoms with Crippen LogP contribution in [0.25, 0.3) is 0 Å². The Morgan fingerprint density at radius 2 is 2.12 bits per heavy atom. The summed E-state index contributed by atoms with van der Waals surface area (Å²) in [7, 11) is 1.32. The Bertz CT molecular complexity index is 795. The smallest absolute Gasteiger partial charge is 0.358 e. The number of rotatable bonds is 6. The lowest BCUT2D eigenvalue weighted by molar-refractivity contribution is 0.0593. The van der Waals surface area contributed by atoms with Gasteiger partial charge in [-0.1, -0.05) is 11.6 Å². The number of hydrogen-bond donors (Lipinski definition) is 0. The normalized spacial score (nSPS) is 13.6. The fourth-order valence-electron chi connectivity index (χ4n) is 2.54. The molecule has 0 spiro atoms. The highest BCUT2D eigenvalue weighted by atomic mass is 35.5. The summed E-state index contributed by atoms with van der Waals surface area (Å²) in [5.74, 6) is 1.63. The van der Waals surface area contributed by atoms with Gasteiger partial charge in [-0.05, 0) is 32.8 Å². The van der Waals surface area contributed by atoms with Gasteiger partial charge in [0.25, 0.3) is 0 Å². The van der Waals surface area contributed by atoms with Crippen molar-refractivity contribution in [1.29, 1.82) is 0 Å². The van der Waals surface area contributed by atoms with Crippen LogP contribution in [0, 0.1) is 6.92 Å². The molecule has 0 aromatic carbocycles. The van der Waals surface area contributed by atoms with Gasteiger partial charge in [-0.25, -0.2) is 24.7 Å². The Labute approximate surface area is 151 Å². The van der Waals surface area contributed by atoms with E-state index in [1.807, 2.05) is 24.8 Å². The summed E-state index contributed by atoms with van der Waals surface area (Å²) in [6.45, 7) is 5.02. The van der Waals surface area contributed by atoms with Gasteiger partial charge in [-0.15, -0.1) is 0 Å². The van der Waals surface area contributed by atoms with Gasteiger partial charge in [0.05, 0.1) is 19.3 Å². The molecule has 2 aromatic rings. The molecule has 0 bridgehead atoms. The topological polar surface area (TPSA) is 81.1 Å². The lowest BCUT2D eigenvalue weighted by atomic mass is 10.3. The van der Waals surface area contributed by atoms with Crippen molar-refractivity contribution in [2.75, 3.05) is 18.6 Å². The van der Waals surface area contributed by atoms with E-state index in [-0.39, 0.29) is 10.7 Å². The molecule has 0 atom stereocenters. The fraction of sp³-hybridized carbons (Fsp3) is 0.471.